The molecule has 0 radical (unpaired) electrons. The van der Waals surface area contributed by atoms with Gasteiger partial charge in [0.05, 0.1) is 36.6 Å². The van der Waals surface area contributed by atoms with Gasteiger partial charge in [-0.3, -0.25) is 19.7 Å². The number of anilines is 1. The van der Waals surface area contributed by atoms with Crippen LogP contribution in [0.5, 0.6) is 5.75 Å². The van der Waals surface area contributed by atoms with Crippen molar-refractivity contribution in [2.75, 3.05) is 44.8 Å². The van der Waals surface area contributed by atoms with Crippen LogP contribution in [-0.2, 0) is 25.6 Å². The van der Waals surface area contributed by atoms with Crippen molar-refractivity contribution in [3.8, 4) is 27.4 Å². The highest BCUT2D eigenvalue weighted by atomic mass is 32.1. The van der Waals surface area contributed by atoms with Crippen molar-refractivity contribution in [3.05, 3.63) is 95.9 Å². The smallest absolute Gasteiger partial charge is 0.407 e. The van der Waals surface area contributed by atoms with E-state index < -0.39 is 18.0 Å². The van der Waals surface area contributed by atoms with Crippen molar-refractivity contribution in [2.24, 2.45) is 0 Å². The number of carbonyl (C=O) groups is 4. The van der Waals surface area contributed by atoms with Crippen LogP contribution in [0, 0.1) is 5.82 Å². The van der Waals surface area contributed by atoms with Crippen LogP contribution >= 0.6 is 11.3 Å². The van der Waals surface area contributed by atoms with Gasteiger partial charge in [-0.25, -0.2) is 19.2 Å². The zero-order valence-electron chi connectivity index (χ0n) is 29.1. The van der Waals surface area contributed by atoms with Gasteiger partial charge < -0.3 is 29.7 Å². The second-order valence-corrected chi connectivity index (χ2v) is 13.7. The summed E-state index contributed by atoms with van der Waals surface area (Å²) in [6.45, 7) is 2.30. The van der Waals surface area contributed by atoms with Crippen molar-refractivity contribution in [2.45, 2.75) is 31.8 Å². The quantitative estimate of drug-likeness (QED) is 0.0914. The van der Waals surface area contributed by atoms with Crippen LogP contribution in [0.1, 0.15) is 35.2 Å². The maximum atomic E-state index is 13.6. The monoisotopic (exact) mass is 752 g/mol. The molecule has 1 unspecified atom stereocenters. The number of aromatic nitrogens is 2. The Labute approximate surface area is 313 Å². The number of hydrogen-bond donors (Lipinski definition) is 3. The number of fused-ring (bicyclic) bond motifs is 2. The van der Waals surface area contributed by atoms with Crippen LogP contribution in [0.15, 0.2) is 79.0 Å². The van der Waals surface area contributed by atoms with E-state index in [9.17, 15) is 23.6 Å². The van der Waals surface area contributed by atoms with Gasteiger partial charge in [-0.2, -0.15) is 0 Å². The highest BCUT2D eigenvalue weighted by Gasteiger charge is 2.39. The van der Waals surface area contributed by atoms with Crippen molar-refractivity contribution >= 4 is 51.2 Å². The number of halogens is 1. The Hall–Kier alpha value is -5.93. The molecule has 2 aromatic heterocycles. The fourth-order valence-electron chi connectivity index (χ4n) is 6.18. The second kappa shape index (κ2) is 16.8. The standard InChI is InChI=1S/C39H37FN6O7S/c40-28-7-10-31-33(21-28)54-37(44-31)25-4-2-24(3-5-25)26-6-12-34(43-22-26)41-14-18-51-19-15-42-39(50)53-17-1-16-52-29-8-9-30-27(20-29)23-46(38(30)49)32-11-13-35(47)45-36(32)48/h2-10,12,20-22,32H,1,11,13-19,23H2,(H,41,43)(H,42,50)(H,45,47,48). The lowest BCUT2D eigenvalue weighted by Crippen LogP contribution is -2.52. The molecule has 1 saturated heterocycles. The zero-order valence-corrected chi connectivity index (χ0v) is 30.0. The number of alkyl carbamates (subject to hydrolysis) is 1. The van der Waals surface area contributed by atoms with E-state index in [1.807, 2.05) is 36.4 Å². The Bertz CT molecular complexity index is 2160. The first kappa shape index (κ1) is 36.4. The molecule has 3 N–H and O–H groups in total. The van der Waals surface area contributed by atoms with Crippen molar-refractivity contribution in [1.29, 1.82) is 0 Å². The average Bonchev–Trinajstić information content (AvgIpc) is 3.74. The zero-order chi connectivity index (χ0) is 37.4. The number of nitrogens with one attached hydrogen (secondary N) is 3. The number of imide groups is 1. The Kier molecular flexibility index (Phi) is 11.3. The van der Waals surface area contributed by atoms with Gasteiger partial charge in [0, 0.05) is 55.4 Å². The molecular weight excluding hydrogens is 716 g/mol. The highest BCUT2D eigenvalue weighted by molar-refractivity contribution is 7.21. The number of thiazole rings is 1. The Morgan fingerprint density at radius 3 is 2.56 bits per heavy atom. The molecule has 13 nitrogen and oxygen atoms in total. The van der Waals surface area contributed by atoms with E-state index in [0.717, 1.165) is 37.5 Å². The van der Waals surface area contributed by atoms with Crippen molar-refractivity contribution < 1.29 is 37.8 Å². The first-order chi connectivity index (χ1) is 26.3. The first-order valence-corrected chi connectivity index (χ1v) is 18.4. The summed E-state index contributed by atoms with van der Waals surface area (Å²) in [6, 6.07) is 21.0. The molecule has 1 fully saturated rings. The van der Waals surface area contributed by atoms with Gasteiger partial charge in [0.25, 0.3) is 5.91 Å². The molecule has 7 rings (SSSR count). The number of amides is 4. The SMILES string of the molecule is O=C1CCC(N2Cc3cc(OCCCOC(=O)NCCOCCNc4ccc(-c5ccc(-c6nc7ccc(F)cc7s6)cc5)cn4)ccc3C2=O)C(=O)N1. The Morgan fingerprint density at radius 2 is 1.74 bits per heavy atom. The maximum absolute atomic E-state index is 13.6. The predicted molar refractivity (Wildman–Crippen MR) is 200 cm³/mol. The molecule has 4 heterocycles. The van der Waals surface area contributed by atoms with E-state index in [-0.39, 0.29) is 37.2 Å². The number of pyridine rings is 1. The van der Waals surface area contributed by atoms with Crippen molar-refractivity contribution in [1.82, 2.24) is 25.5 Å². The van der Waals surface area contributed by atoms with Crippen LogP contribution in [0.3, 0.4) is 0 Å². The van der Waals surface area contributed by atoms with E-state index in [1.54, 1.807) is 30.5 Å². The Morgan fingerprint density at radius 1 is 0.926 bits per heavy atom. The fourth-order valence-corrected chi connectivity index (χ4v) is 7.18. The molecule has 278 valence electrons. The van der Waals surface area contributed by atoms with Gasteiger partial charge in [0.15, 0.2) is 0 Å². The molecule has 5 aromatic rings. The minimum Gasteiger partial charge on any atom is -0.493 e. The molecular formula is C39H37FN6O7S. The third-order valence-electron chi connectivity index (χ3n) is 8.93. The number of rotatable bonds is 15. The maximum Gasteiger partial charge on any atom is 0.407 e. The van der Waals surface area contributed by atoms with Gasteiger partial charge in [0.2, 0.25) is 11.8 Å². The third kappa shape index (κ3) is 8.81. The van der Waals surface area contributed by atoms with Crippen LogP contribution < -0.4 is 20.7 Å². The summed E-state index contributed by atoms with van der Waals surface area (Å²) in [5.41, 5.74) is 5.01. The summed E-state index contributed by atoms with van der Waals surface area (Å²) < 4.78 is 30.9. The summed E-state index contributed by atoms with van der Waals surface area (Å²) in [6.07, 6.45) is 2.22. The number of ether oxygens (including phenoxy) is 3. The highest BCUT2D eigenvalue weighted by Crippen LogP contribution is 2.33. The van der Waals surface area contributed by atoms with Crippen molar-refractivity contribution in [3.63, 3.8) is 0 Å². The van der Waals surface area contributed by atoms with Crippen LogP contribution in [0.4, 0.5) is 15.0 Å². The minimum absolute atomic E-state index is 0.161. The second-order valence-electron chi connectivity index (χ2n) is 12.7. The van der Waals surface area contributed by atoms with E-state index in [1.165, 1.54) is 28.4 Å². The molecule has 1 atom stereocenters. The number of piperidine rings is 1. The van der Waals surface area contributed by atoms with Gasteiger partial charge in [-0.1, -0.05) is 24.3 Å². The predicted octanol–water partition coefficient (Wildman–Crippen LogP) is 5.55. The van der Waals surface area contributed by atoms with E-state index >= 15 is 0 Å². The molecule has 2 aliphatic rings. The molecule has 3 aromatic carbocycles. The van der Waals surface area contributed by atoms with E-state index in [0.29, 0.717) is 62.9 Å². The summed E-state index contributed by atoms with van der Waals surface area (Å²) >= 11 is 1.46. The molecule has 0 spiro atoms. The third-order valence-corrected chi connectivity index (χ3v) is 10.0. The van der Waals surface area contributed by atoms with E-state index in [4.69, 9.17) is 14.2 Å². The number of benzene rings is 3. The summed E-state index contributed by atoms with van der Waals surface area (Å²) in [5.74, 6) is 0.00335. The summed E-state index contributed by atoms with van der Waals surface area (Å²) in [7, 11) is 0. The molecule has 2 aliphatic heterocycles. The largest absolute Gasteiger partial charge is 0.493 e. The number of hydrogen-bond acceptors (Lipinski definition) is 11. The first-order valence-electron chi connectivity index (χ1n) is 17.6. The molecule has 0 bridgehead atoms. The lowest BCUT2D eigenvalue weighted by molar-refractivity contribution is -0.136. The number of nitrogens with zero attached hydrogens (tertiary/aromatic N) is 3. The van der Waals surface area contributed by atoms with Crippen LogP contribution in [0.25, 0.3) is 31.9 Å². The van der Waals surface area contributed by atoms with Crippen LogP contribution in [-0.4, -0.2) is 84.2 Å². The molecule has 0 aliphatic carbocycles. The molecule has 0 saturated carbocycles. The normalized spacial score (nSPS) is 15.2. The van der Waals surface area contributed by atoms with Gasteiger partial charge >= 0.3 is 6.09 Å². The molecule has 4 amide bonds. The van der Waals surface area contributed by atoms with Gasteiger partial charge in [-0.05, 0) is 66.1 Å². The average molecular weight is 753 g/mol. The van der Waals surface area contributed by atoms with E-state index in [2.05, 4.69) is 25.9 Å². The Balaban J connectivity index is 0.731. The lowest BCUT2D eigenvalue weighted by Gasteiger charge is -2.29. The molecule has 54 heavy (non-hydrogen) atoms. The lowest BCUT2D eigenvalue weighted by atomic mass is 10.0. The van der Waals surface area contributed by atoms with Gasteiger partial charge in [0.1, 0.15) is 28.4 Å². The summed E-state index contributed by atoms with van der Waals surface area (Å²) in [5, 5.41) is 9.01. The van der Waals surface area contributed by atoms with Gasteiger partial charge in [-0.15, -0.1) is 11.3 Å². The number of carbonyl (C=O) groups excluding carboxylic acids is 4. The summed E-state index contributed by atoms with van der Waals surface area (Å²) in [4.78, 5) is 59.2. The molecule has 15 heteroatoms. The topological polar surface area (TPSA) is 161 Å². The fraction of sp³-hybridized carbons (Fsp3) is 0.282. The van der Waals surface area contributed by atoms with Crippen LogP contribution in [0.2, 0.25) is 0 Å². The minimum atomic E-state index is -0.669.